The first-order chi connectivity index (χ1) is 14.6. The number of benzene rings is 1. The maximum Gasteiger partial charge on any atom is 0.233 e. The number of aromatic nitrogens is 3. The third-order valence-corrected chi connectivity index (χ3v) is 6.09. The number of likely N-dealkylation sites (N-methyl/N-ethyl adjacent to an activating group) is 1. The van der Waals surface area contributed by atoms with Gasteiger partial charge in [-0.2, -0.15) is 0 Å². The van der Waals surface area contributed by atoms with Crippen molar-refractivity contribution in [3.8, 4) is 17.1 Å². The molecule has 0 spiro atoms. The van der Waals surface area contributed by atoms with Gasteiger partial charge in [-0.25, -0.2) is 0 Å². The minimum Gasteiger partial charge on any atom is -0.497 e. The van der Waals surface area contributed by atoms with Gasteiger partial charge in [0.25, 0.3) is 0 Å². The van der Waals surface area contributed by atoms with Gasteiger partial charge in [-0.3, -0.25) is 9.36 Å². The summed E-state index contributed by atoms with van der Waals surface area (Å²) in [6.45, 7) is 3.85. The van der Waals surface area contributed by atoms with E-state index in [9.17, 15) is 4.79 Å². The molecule has 1 aliphatic rings. The molecule has 0 aliphatic carbocycles. The topological polar surface area (TPSA) is 76.6 Å². The average Bonchev–Trinajstić information content (AvgIpc) is 3.43. The summed E-state index contributed by atoms with van der Waals surface area (Å²) in [4.78, 5) is 16.8. The zero-order valence-corrected chi connectivity index (χ0v) is 18.0. The Morgan fingerprint density at radius 1 is 1.13 bits per heavy atom. The van der Waals surface area contributed by atoms with Crippen molar-refractivity contribution >= 4 is 17.7 Å². The molecule has 0 saturated carbocycles. The molecule has 0 radical (unpaired) electrons. The lowest BCUT2D eigenvalue weighted by Gasteiger charge is -2.32. The highest BCUT2D eigenvalue weighted by atomic mass is 32.2. The number of furan rings is 1. The molecule has 8 nitrogen and oxygen atoms in total. The molecule has 2 aromatic heterocycles. The molecular weight excluding hydrogens is 402 g/mol. The van der Waals surface area contributed by atoms with Crippen molar-refractivity contribution in [2.24, 2.45) is 0 Å². The van der Waals surface area contributed by atoms with Gasteiger partial charge in [-0.1, -0.05) is 11.8 Å². The Balaban J connectivity index is 1.53. The number of hydrogen-bond donors (Lipinski definition) is 0. The number of amides is 1. The molecule has 1 fully saturated rings. The van der Waals surface area contributed by atoms with E-state index in [0.29, 0.717) is 17.5 Å². The standard InChI is InChI=1S/C21H25N5O3S/c1-24-9-11-25(12-10-24)19(27)15-30-21-23-22-20(16-5-7-17(28-2)8-6-16)26(21)14-18-4-3-13-29-18/h3-8,13H,9-12,14-15H2,1-2H3. The molecule has 0 bridgehead atoms. The average molecular weight is 428 g/mol. The van der Waals surface area contributed by atoms with Gasteiger partial charge in [-0.15, -0.1) is 10.2 Å². The van der Waals surface area contributed by atoms with Crippen molar-refractivity contribution in [1.29, 1.82) is 0 Å². The number of ether oxygens (including phenoxy) is 1. The highest BCUT2D eigenvalue weighted by molar-refractivity contribution is 7.99. The summed E-state index contributed by atoms with van der Waals surface area (Å²) in [5.74, 6) is 2.78. The van der Waals surface area contributed by atoms with Crippen molar-refractivity contribution < 1.29 is 13.9 Å². The van der Waals surface area contributed by atoms with Crippen molar-refractivity contribution in [3.05, 3.63) is 48.4 Å². The van der Waals surface area contributed by atoms with Gasteiger partial charge in [0.2, 0.25) is 5.91 Å². The number of nitrogens with zero attached hydrogens (tertiary/aromatic N) is 5. The van der Waals surface area contributed by atoms with Crippen LogP contribution < -0.4 is 4.74 Å². The lowest BCUT2D eigenvalue weighted by atomic mass is 10.2. The Labute approximate surface area is 179 Å². The van der Waals surface area contributed by atoms with Crippen LogP contribution in [0.25, 0.3) is 11.4 Å². The van der Waals surface area contributed by atoms with Crippen LogP contribution in [0.1, 0.15) is 5.76 Å². The van der Waals surface area contributed by atoms with E-state index in [4.69, 9.17) is 9.15 Å². The van der Waals surface area contributed by atoms with E-state index in [2.05, 4.69) is 22.1 Å². The van der Waals surface area contributed by atoms with Crippen LogP contribution in [0.3, 0.4) is 0 Å². The molecule has 1 aromatic carbocycles. The largest absolute Gasteiger partial charge is 0.497 e. The molecule has 1 amide bonds. The highest BCUT2D eigenvalue weighted by Gasteiger charge is 2.21. The zero-order chi connectivity index (χ0) is 20.9. The second-order valence-electron chi connectivity index (χ2n) is 7.17. The number of thioether (sulfide) groups is 1. The van der Waals surface area contributed by atoms with Crippen LogP contribution in [0.4, 0.5) is 0 Å². The lowest BCUT2D eigenvalue weighted by Crippen LogP contribution is -2.47. The quantitative estimate of drug-likeness (QED) is 0.536. The number of carbonyl (C=O) groups excluding carboxylic acids is 1. The maximum atomic E-state index is 12.7. The molecule has 3 aromatic rings. The Morgan fingerprint density at radius 2 is 1.90 bits per heavy atom. The fraction of sp³-hybridized carbons (Fsp3) is 0.381. The van der Waals surface area contributed by atoms with Gasteiger partial charge >= 0.3 is 0 Å². The third kappa shape index (κ3) is 4.68. The second-order valence-corrected chi connectivity index (χ2v) is 8.12. The third-order valence-electron chi connectivity index (χ3n) is 5.14. The summed E-state index contributed by atoms with van der Waals surface area (Å²) in [7, 11) is 3.72. The summed E-state index contributed by atoms with van der Waals surface area (Å²) in [5.41, 5.74) is 0.923. The number of carbonyl (C=O) groups is 1. The summed E-state index contributed by atoms with van der Waals surface area (Å²) in [6.07, 6.45) is 1.65. The lowest BCUT2D eigenvalue weighted by molar-refractivity contribution is -0.129. The predicted molar refractivity (Wildman–Crippen MR) is 115 cm³/mol. The Morgan fingerprint density at radius 3 is 2.57 bits per heavy atom. The van der Waals surface area contributed by atoms with Crippen molar-refractivity contribution in [3.63, 3.8) is 0 Å². The summed E-state index contributed by atoms with van der Waals surface area (Å²) in [6, 6.07) is 11.5. The smallest absolute Gasteiger partial charge is 0.233 e. The van der Waals surface area contributed by atoms with Crippen LogP contribution in [0.2, 0.25) is 0 Å². The van der Waals surface area contributed by atoms with Gasteiger partial charge in [0.05, 0.1) is 25.7 Å². The van der Waals surface area contributed by atoms with Gasteiger partial charge < -0.3 is 19.0 Å². The van der Waals surface area contributed by atoms with Crippen molar-refractivity contribution in [1.82, 2.24) is 24.6 Å². The molecule has 4 rings (SSSR count). The second kappa shape index (κ2) is 9.36. The number of methoxy groups -OCH3 is 1. The first-order valence-electron chi connectivity index (χ1n) is 9.83. The van der Waals surface area contributed by atoms with Crippen molar-refractivity contribution in [2.45, 2.75) is 11.7 Å². The minimum absolute atomic E-state index is 0.131. The van der Waals surface area contributed by atoms with Crippen LogP contribution in [0, 0.1) is 0 Å². The number of rotatable bonds is 7. The number of hydrogen-bond acceptors (Lipinski definition) is 7. The normalized spacial score (nSPS) is 14.8. The Hall–Kier alpha value is -2.78. The molecule has 1 aliphatic heterocycles. The molecule has 1 saturated heterocycles. The first-order valence-corrected chi connectivity index (χ1v) is 10.8. The van der Waals surface area contributed by atoms with Crippen LogP contribution in [-0.2, 0) is 11.3 Å². The van der Waals surface area contributed by atoms with Gasteiger partial charge in [0.1, 0.15) is 11.5 Å². The number of piperazine rings is 1. The molecule has 0 unspecified atom stereocenters. The molecule has 0 atom stereocenters. The zero-order valence-electron chi connectivity index (χ0n) is 17.2. The summed E-state index contributed by atoms with van der Waals surface area (Å²) < 4.78 is 12.8. The SMILES string of the molecule is COc1ccc(-c2nnc(SCC(=O)N3CCN(C)CC3)n2Cc2ccco2)cc1. The summed E-state index contributed by atoms with van der Waals surface area (Å²) in [5, 5.41) is 9.46. The van der Waals surface area contributed by atoms with E-state index in [1.54, 1.807) is 13.4 Å². The van der Waals surface area contributed by atoms with E-state index >= 15 is 0 Å². The molecule has 3 heterocycles. The van der Waals surface area contributed by atoms with Crippen molar-refractivity contribution in [2.75, 3.05) is 46.1 Å². The molecular formula is C21H25N5O3S. The molecule has 30 heavy (non-hydrogen) atoms. The van der Waals surface area contributed by atoms with E-state index in [1.165, 1.54) is 11.8 Å². The maximum absolute atomic E-state index is 12.7. The molecule has 9 heteroatoms. The Bertz CT molecular complexity index is 963. The molecule has 0 N–H and O–H groups in total. The highest BCUT2D eigenvalue weighted by Crippen LogP contribution is 2.27. The van der Waals surface area contributed by atoms with E-state index in [-0.39, 0.29) is 5.91 Å². The van der Waals surface area contributed by atoms with E-state index in [0.717, 1.165) is 49.1 Å². The van der Waals surface area contributed by atoms with E-state index in [1.807, 2.05) is 45.9 Å². The fourth-order valence-electron chi connectivity index (χ4n) is 3.32. The van der Waals surface area contributed by atoms with E-state index < -0.39 is 0 Å². The molecule has 158 valence electrons. The van der Waals surface area contributed by atoms with Crippen LogP contribution >= 0.6 is 11.8 Å². The van der Waals surface area contributed by atoms with Gasteiger partial charge in [-0.05, 0) is 43.4 Å². The van der Waals surface area contributed by atoms with Gasteiger partial charge in [0.15, 0.2) is 11.0 Å². The van der Waals surface area contributed by atoms with Crippen LogP contribution in [0.5, 0.6) is 5.75 Å². The Kier molecular flexibility index (Phi) is 6.39. The van der Waals surface area contributed by atoms with Crippen LogP contribution in [-0.4, -0.2) is 76.6 Å². The monoisotopic (exact) mass is 427 g/mol. The summed E-state index contributed by atoms with van der Waals surface area (Å²) >= 11 is 1.41. The minimum atomic E-state index is 0.131. The predicted octanol–water partition coefficient (Wildman–Crippen LogP) is 2.46. The van der Waals surface area contributed by atoms with Gasteiger partial charge in [0, 0.05) is 31.7 Å². The fourth-order valence-corrected chi connectivity index (χ4v) is 4.16. The first kappa shape index (κ1) is 20.5. The van der Waals surface area contributed by atoms with Crippen LogP contribution in [0.15, 0.2) is 52.2 Å².